The number of carbonyl (C=O) groups excluding carboxylic acids is 2. The van der Waals surface area contributed by atoms with Crippen LogP contribution in [-0.4, -0.2) is 15.6 Å². The first-order valence-electron chi connectivity index (χ1n) is 6.17. The van der Waals surface area contributed by atoms with Crippen molar-refractivity contribution >= 4 is 22.7 Å². The van der Waals surface area contributed by atoms with Crippen LogP contribution in [0.2, 0.25) is 0 Å². The number of hydrogen-bond donors (Lipinski definition) is 0. The van der Waals surface area contributed by atoms with E-state index in [1.807, 2.05) is 20.8 Å². The average molecular weight is 282 g/mol. The molecule has 0 bridgehead atoms. The fraction of sp³-hybridized carbons (Fsp3) is 0.467. The second kappa shape index (κ2) is 6.33. The highest BCUT2D eigenvalue weighted by Crippen LogP contribution is 2.28. The maximum Gasteiger partial charge on any atom is 0.200 e. The molecule has 0 heterocycles. The van der Waals surface area contributed by atoms with Crippen LogP contribution < -0.4 is 0 Å². The van der Waals surface area contributed by atoms with Gasteiger partial charge in [0.2, 0.25) is 0 Å². The van der Waals surface area contributed by atoms with Crippen molar-refractivity contribution in [2.24, 2.45) is 5.92 Å². The van der Waals surface area contributed by atoms with E-state index in [2.05, 4.69) is 0 Å². The minimum Gasteiger partial charge on any atom is -0.299 e. The Balaban J connectivity index is 2.81. The van der Waals surface area contributed by atoms with E-state index in [-0.39, 0.29) is 21.5 Å². The smallest absolute Gasteiger partial charge is 0.200 e. The molecule has 2 nitrogen and oxygen atoms in total. The highest BCUT2D eigenvalue weighted by molar-refractivity contribution is 8.14. The zero-order valence-corrected chi connectivity index (χ0v) is 12.5. The fourth-order valence-electron chi connectivity index (χ4n) is 1.62. The summed E-state index contributed by atoms with van der Waals surface area (Å²) < 4.78 is 12.6. The van der Waals surface area contributed by atoms with E-state index in [4.69, 9.17) is 0 Å². The summed E-state index contributed by atoms with van der Waals surface area (Å²) in [4.78, 5) is 23.8. The summed E-state index contributed by atoms with van der Waals surface area (Å²) in [6, 6.07) is 5.91. The molecular weight excluding hydrogens is 263 g/mol. The zero-order valence-electron chi connectivity index (χ0n) is 11.7. The third-order valence-corrected chi connectivity index (χ3v) is 3.63. The van der Waals surface area contributed by atoms with Gasteiger partial charge >= 0.3 is 0 Å². The van der Waals surface area contributed by atoms with E-state index in [1.165, 1.54) is 30.8 Å². The molecular formula is C15H19FO2S. The van der Waals surface area contributed by atoms with Gasteiger partial charge in [-0.3, -0.25) is 9.59 Å². The Morgan fingerprint density at radius 2 is 1.74 bits per heavy atom. The lowest BCUT2D eigenvalue weighted by molar-refractivity contribution is -0.127. The lowest BCUT2D eigenvalue weighted by Gasteiger charge is -2.20. The molecule has 19 heavy (non-hydrogen) atoms. The highest BCUT2D eigenvalue weighted by atomic mass is 32.2. The predicted octanol–water partition coefficient (Wildman–Crippen LogP) is 3.63. The second-order valence-corrected chi connectivity index (χ2v) is 7.36. The van der Waals surface area contributed by atoms with Gasteiger partial charge in [-0.1, -0.05) is 44.7 Å². The number of carbonyl (C=O) groups is 2. The van der Waals surface area contributed by atoms with Crippen molar-refractivity contribution in [2.75, 3.05) is 0 Å². The number of ketones is 1. The molecule has 1 atom stereocenters. The van der Waals surface area contributed by atoms with Gasteiger partial charge in [-0.15, -0.1) is 0 Å². The molecule has 0 N–H and O–H groups in total. The molecule has 0 saturated heterocycles. The summed E-state index contributed by atoms with van der Waals surface area (Å²) in [7, 11) is 0. The van der Waals surface area contributed by atoms with Crippen molar-refractivity contribution in [2.45, 2.75) is 38.9 Å². The molecule has 0 radical (unpaired) electrons. The first-order valence-corrected chi connectivity index (χ1v) is 6.98. The van der Waals surface area contributed by atoms with Crippen molar-refractivity contribution in [3.05, 3.63) is 35.6 Å². The summed E-state index contributed by atoms with van der Waals surface area (Å²) in [5, 5.41) is -0.121. The topological polar surface area (TPSA) is 34.1 Å². The van der Waals surface area contributed by atoms with Crippen LogP contribution in [0.25, 0.3) is 0 Å². The Morgan fingerprint density at radius 1 is 1.21 bits per heavy atom. The van der Waals surface area contributed by atoms with E-state index in [0.29, 0.717) is 6.42 Å². The van der Waals surface area contributed by atoms with Crippen LogP contribution in [0, 0.1) is 11.7 Å². The average Bonchev–Trinajstić information content (AvgIpc) is 2.25. The van der Waals surface area contributed by atoms with Crippen molar-refractivity contribution in [3.63, 3.8) is 0 Å². The minimum absolute atomic E-state index is 0.121. The number of thioether (sulfide) groups is 1. The van der Waals surface area contributed by atoms with Gasteiger partial charge in [0, 0.05) is 4.75 Å². The monoisotopic (exact) mass is 282 g/mol. The lowest BCUT2D eigenvalue weighted by atomic mass is 9.97. The van der Waals surface area contributed by atoms with Crippen LogP contribution in [0.15, 0.2) is 24.3 Å². The van der Waals surface area contributed by atoms with Crippen LogP contribution in [0.3, 0.4) is 0 Å². The largest absolute Gasteiger partial charge is 0.299 e. The molecule has 0 aromatic heterocycles. The number of benzene rings is 1. The first-order chi connectivity index (χ1) is 8.69. The first kappa shape index (κ1) is 15.9. The highest BCUT2D eigenvalue weighted by Gasteiger charge is 2.28. The summed E-state index contributed by atoms with van der Waals surface area (Å²) >= 11 is 1.18. The fourth-order valence-corrected chi connectivity index (χ4v) is 2.62. The molecule has 104 valence electrons. The molecule has 1 rings (SSSR count). The predicted molar refractivity (Wildman–Crippen MR) is 76.6 cm³/mol. The molecule has 1 aromatic rings. The molecule has 0 spiro atoms. The minimum atomic E-state index is -0.658. The summed E-state index contributed by atoms with van der Waals surface area (Å²) in [5.41, 5.74) is 0.796. The van der Waals surface area contributed by atoms with Gasteiger partial charge in [0.15, 0.2) is 5.12 Å². The third-order valence-electron chi connectivity index (χ3n) is 2.54. The van der Waals surface area contributed by atoms with Crippen LogP contribution >= 0.6 is 11.8 Å². The van der Waals surface area contributed by atoms with Crippen LogP contribution in [0.1, 0.15) is 33.3 Å². The molecule has 0 saturated carbocycles. The van der Waals surface area contributed by atoms with E-state index < -0.39 is 5.92 Å². The Bertz CT molecular complexity index is 460. The van der Waals surface area contributed by atoms with Gasteiger partial charge in [-0.2, -0.15) is 0 Å². The maximum atomic E-state index is 12.8. The zero-order chi connectivity index (χ0) is 14.6. The van der Waals surface area contributed by atoms with Crippen molar-refractivity contribution in [1.29, 1.82) is 0 Å². The van der Waals surface area contributed by atoms with E-state index in [9.17, 15) is 14.0 Å². The molecule has 1 unspecified atom stereocenters. The molecule has 1 aromatic carbocycles. The van der Waals surface area contributed by atoms with Gasteiger partial charge in [-0.05, 0) is 31.0 Å². The van der Waals surface area contributed by atoms with Crippen molar-refractivity contribution < 1.29 is 14.0 Å². The summed E-state index contributed by atoms with van der Waals surface area (Å²) in [6.07, 6.45) is 0.331. The van der Waals surface area contributed by atoms with E-state index >= 15 is 0 Å². The molecule has 0 fully saturated rings. The number of hydrogen-bond acceptors (Lipinski definition) is 3. The lowest BCUT2D eigenvalue weighted by Crippen LogP contribution is -2.25. The SMILES string of the molecule is CC(=O)C(Cc1ccc(F)cc1)C(=O)SC(C)(C)C. The van der Waals surface area contributed by atoms with Gasteiger partial charge in [0.1, 0.15) is 11.6 Å². The van der Waals surface area contributed by atoms with E-state index in [1.54, 1.807) is 12.1 Å². The van der Waals surface area contributed by atoms with Gasteiger partial charge in [-0.25, -0.2) is 4.39 Å². The molecule has 0 aliphatic heterocycles. The van der Waals surface area contributed by atoms with Crippen LogP contribution in [0.4, 0.5) is 4.39 Å². The van der Waals surface area contributed by atoms with Crippen molar-refractivity contribution in [3.8, 4) is 0 Å². The molecule has 0 amide bonds. The Kier molecular flexibility index (Phi) is 5.29. The molecule has 0 aliphatic carbocycles. The number of rotatable bonds is 4. The molecule has 0 aliphatic rings. The van der Waals surface area contributed by atoms with Crippen LogP contribution in [-0.2, 0) is 16.0 Å². The van der Waals surface area contributed by atoms with E-state index in [0.717, 1.165) is 5.56 Å². The van der Waals surface area contributed by atoms with Gasteiger partial charge in [0.25, 0.3) is 0 Å². The standard InChI is InChI=1S/C15H19FO2S/c1-10(17)13(14(18)19-15(2,3)4)9-11-5-7-12(16)8-6-11/h5-8,13H,9H2,1-4H3. The Hall–Kier alpha value is -1.16. The summed E-state index contributed by atoms with van der Waals surface area (Å²) in [5.74, 6) is -1.13. The molecule has 4 heteroatoms. The van der Waals surface area contributed by atoms with Gasteiger partial charge < -0.3 is 0 Å². The third kappa shape index (κ3) is 5.55. The summed E-state index contributed by atoms with van der Waals surface area (Å²) in [6.45, 7) is 7.23. The van der Waals surface area contributed by atoms with Crippen LogP contribution in [0.5, 0.6) is 0 Å². The quantitative estimate of drug-likeness (QED) is 0.791. The normalized spacial score (nSPS) is 13.1. The Labute approximate surface area is 117 Å². The number of halogens is 1. The van der Waals surface area contributed by atoms with Gasteiger partial charge in [0.05, 0.1) is 5.92 Å². The second-order valence-electron chi connectivity index (χ2n) is 5.53. The number of Topliss-reactive ketones (excluding diaryl/α,β-unsaturated/α-hetero) is 1. The van der Waals surface area contributed by atoms with Crippen molar-refractivity contribution in [1.82, 2.24) is 0 Å². The maximum absolute atomic E-state index is 12.8. The Morgan fingerprint density at radius 3 is 2.16 bits per heavy atom.